The van der Waals surface area contributed by atoms with Crippen molar-refractivity contribution in [1.29, 1.82) is 0 Å². The number of aromatic carboxylic acids is 1. The third-order valence-electron chi connectivity index (χ3n) is 8.38. The maximum Gasteiger partial charge on any atom is 0.335 e. The van der Waals surface area contributed by atoms with E-state index in [-0.39, 0.29) is 41.5 Å². The number of carbonyl (C=O) groups is 1. The summed E-state index contributed by atoms with van der Waals surface area (Å²) in [5.41, 5.74) is 1.70. The molecule has 0 bridgehead atoms. The van der Waals surface area contributed by atoms with E-state index in [9.17, 15) is 9.90 Å². The topological polar surface area (TPSA) is 104 Å². The van der Waals surface area contributed by atoms with Crippen molar-refractivity contribution in [1.82, 2.24) is 24.3 Å². The van der Waals surface area contributed by atoms with Crippen LogP contribution in [0, 0.1) is 17.6 Å². The van der Waals surface area contributed by atoms with Crippen LogP contribution in [0.1, 0.15) is 53.3 Å². The third-order valence-corrected chi connectivity index (χ3v) is 9.52. The first kappa shape index (κ1) is 30.9. The summed E-state index contributed by atoms with van der Waals surface area (Å²) in [7, 11) is 0. The molecule has 2 aromatic carbocycles. The molecule has 0 unspecified atom stereocenters. The van der Waals surface area contributed by atoms with Crippen molar-refractivity contribution >= 4 is 38.6 Å². The Morgan fingerprint density at radius 3 is 2.74 bits per heavy atom. The van der Waals surface area contributed by atoms with Crippen LogP contribution in [0.4, 0.5) is 8.78 Å². The molecular formula is C35H33F2N5O4S. The number of aryl methyl sites for hydroxylation is 1. The lowest BCUT2D eigenvalue weighted by Crippen LogP contribution is -2.31. The Bertz CT molecular complexity index is 2100. The first-order valence-electron chi connectivity index (χ1n) is 15.6. The van der Waals surface area contributed by atoms with Crippen molar-refractivity contribution in [3.05, 3.63) is 94.3 Å². The van der Waals surface area contributed by atoms with Gasteiger partial charge in [0.2, 0.25) is 5.88 Å². The fourth-order valence-electron chi connectivity index (χ4n) is 5.69. The van der Waals surface area contributed by atoms with E-state index in [1.54, 1.807) is 41.7 Å². The molecule has 0 amide bonds. The van der Waals surface area contributed by atoms with E-state index in [4.69, 9.17) is 9.47 Å². The van der Waals surface area contributed by atoms with Crippen LogP contribution in [0.2, 0.25) is 0 Å². The molecule has 7 rings (SSSR count). The number of benzene rings is 2. The molecule has 1 N–H and O–H groups in total. The zero-order valence-electron chi connectivity index (χ0n) is 26.0. The highest BCUT2D eigenvalue weighted by Gasteiger charge is 2.24. The molecule has 5 heterocycles. The third kappa shape index (κ3) is 6.48. The number of carboxylic acid groups (broad SMARTS) is 1. The van der Waals surface area contributed by atoms with Crippen LogP contribution in [0.25, 0.3) is 32.5 Å². The molecule has 1 aliphatic rings. The Hall–Kier alpha value is -4.68. The zero-order chi connectivity index (χ0) is 32.7. The van der Waals surface area contributed by atoms with Gasteiger partial charge in [-0.2, -0.15) is 5.10 Å². The van der Waals surface area contributed by atoms with Crippen molar-refractivity contribution in [3.8, 4) is 17.1 Å². The van der Waals surface area contributed by atoms with Gasteiger partial charge < -0.3 is 19.1 Å². The number of hydrogen-bond acceptors (Lipinski definition) is 7. The number of halogens is 2. The number of hydrogen-bond donors (Lipinski definition) is 1. The molecule has 47 heavy (non-hydrogen) atoms. The number of nitrogens with zero attached hydrogens (tertiary/aromatic N) is 5. The van der Waals surface area contributed by atoms with Crippen LogP contribution in [0.15, 0.2) is 60.8 Å². The van der Waals surface area contributed by atoms with Gasteiger partial charge in [0, 0.05) is 41.5 Å². The molecule has 1 aliphatic heterocycles. The second-order valence-electron chi connectivity index (χ2n) is 12.2. The quantitative estimate of drug-likeness (QED) is 0.145. The molecule has 12 heteroatoms. The van der Waals surface area contributed by atoms with Gasteiger partial charge in [0.1, 0.15) is 28.9 Å². The summed E-state index contributed by atoms with van der Waals surface area (Å²) in [6.07, 6.45) is 3.72. The molecule has 242 valence electrons. The van der Waals surface area contributed by atoms with E-state index >= 15 is 8.78 Å². The van der Waals surface area contributed by atoms with Gasteiger partial charge >= 0.3 is 5.97 Å². The highest BCUT2D eigenvalue weighted by molar-refractivity contribution is 7.18. The fraction of sp³-hybridized carbons (Fsp3) is 0.314. The number of rotatable bonds is 12. The van der Waals surface area contributed by atoms with Crippen LogP contribution in [0.3, 0.4) is 0 Å². The van der Waals surface area contributed by atoms with Crippen LogP contribution < -0.4 is 4.74 Å². The predicted molar refractivity (Wildman–Crippen MR) is 175 cm³/mol. The predicted octanol–water partition coefficient (Wildman–Crippen LogP) is 7.49. The summed E-state index contributed by atoms with van der Waals surface area (Å²) in [5, 5.41) is 15.1. The fourth-order valence-corrected chi connectivity index (χ4v) is 6.72. The van der Waals surface area contributed by atoms with Gasteiger partial charge in [0.15, 0.2) is 0 Å². The Kier molecular flexibility index (Phi) is 8.46. The average Bonchev–Trinajstić information content (AvgIpc) is 3.71. The Balaban J connectivity index is 1.10. The molecule has 0 aliphatic carbocycles. The summed E-state index contributed by atoms with van der Waals surface area (Å²) in [6, 6.07) is 14.0. The van der Waals surface area contributed by atoms with Crippen LogP contribution >= 0.6 is 11.3 Å². The molecule has 0 radical (unpaired) electrons. The van der Waals surface area contributed by atoms with Crippen LogP contribution in [-0.2, 0) is 30.9 Å². The van der Waals surface area contributed by atoms with Gasteiger partial charge in [-0.15, -0.1) is 11.3 Å². The van der Waals surface area contributed by atoms with Crippen molar-refractivity contribution < 1.29 is 28.2 Å². The Morgan fingerprint density at radius 2 is 1.98 bits per heavy atom. The molecule has 1 fully saturated rings. The Morgan fingerprint density at radius 1 is 1.13 bits per heavy atom. The SMILES string of the molecule is CC(C)CCn1ncc2cc(COc3cccc(-c4cc(F)c(Cc5nc6ccc(C(=O)O)cc6n5C[C@@H]5CCO5)cc4F)n3)sc21. The van der Waals surface area contributed by atoms with E-state index in [1.807, 2.05) is 15.4 Å². The van der Waals surface area contributed by atoms with Crippen LogP contribution in [-0.4, -0.2) is 48.1 Å². The molecule has 0 saturated carbocycles. The summed E-state index contributed by atoms with van der Waals surface area (Å²) in [5.74, 6) is -0.899. The summed E-state index contributed by atoms with van der Waals surface area (Å²) in [6.45, 7) is 6.61. The van der Waals surface area contributed by atoms with Crippen molar-refractivity contribution in [2.24, 2.45) is 5.92 Å². The van der Waals surface area contributed by atoms with Gasteiger partial charge in [-0.25, -0.2) is 23.5 Å². The standard InChI is InChI=1S/C35H33F2N5O4S/c1-20(2)8-10-42-34-23(17-38-42)12-25(47-34)19-46-33-5-3-4-29(40-33)26-16-27(36)22(13-28(26)37)15-32-39-30-7-6-21(35(43)44)14-31(30)41(32)18-24-9-11-45-24/h3-7,12-14,16-17,20,24H,8-11,15,18-19H2,1-2H3,(H,43,44)/t24-/m0/s1. The zero-order valence-corrected chi connectivity index (χ0v) is 26.8. The van der Waals surface area contributed by atoms with Gasteiger partial charge in [-0.05, 0) is 66.8 Å². The summed E-state index contributed by atoms with van der Waals surface area (Å²) >= 11 is 1.62. The number of fused-ring (bicyclic) bond motifs is 2. The minimum atomic E-state index is -1.05. The molecule has 0 spiro atoms. The minimum Gasteiger partial charge on any atom is -0.478 e. The minimum absolute atomic E-state index is 0.00775. The highest BCUT2D eigenvalue weighted by atomic mass is 32.1. The molecule has 6 aromatic rings. The maximum absolute atomic E-state index is 15.6. The van der Waals surface area contributed by atoms with Gasteiger partial charge in [-0.1, -0.05) is 19.9 Å². The number of carboxylic acids is 1. The number of aromatic nitrogens is 5. The first-order valence-corrected chi connectivity index (χ1v) is 16.4. The number of ether oxygens (including phenoxy) is 2. The summed E-state index contributed by atoms with van der Waals surface area (Å²) in [4.78, 5) is 22.8. The van der Waals surface area contributed by atoms with Gasteiger partial charge in [0.25, 0.3) is 0 Å². The monoisotopic (exact) mass is 657 g/mol. The first-order chi connectivity index (χ1) is 22.7. The molecule has 1 saturated heterocycles. The normalized spacial score (nSPS) is 14.7. The van der Waals surface area contributed by atoms with Crippen molar-refractivity contribution in [2.45, 2.75) is 58.9 Å². The molecule has 9 nitrogen and oxygen atoms in total. The highest BCUT2D eigenvalue weighted by Crippen LogP contribution is 2.30. The Labute approximate surface area is 273 Å². The van der Waals surface area contributed by atoms with E-state index in [1.165, 1.54) is 12.1 Å². The molecular weight excluding hydrogens is 624 g/mol. The van der Waals surface area contributed by atoms with E-state index in [0.717, 1.165) is 40.5 Å². The molecule has 1 atom stereocenters. The lowest BCUT2D eigenvalue weighted by molar-refractivity contribution is -0.0589. The van der Waals surface area contributed by atoms with E-state index in [2.05, 4.69) is 35.0 Å². The van der Waals surface area contributed by atoms with Gasteiger partial charge in [0.05, 0.1) is 41.1 Å². The average molecular weight is 658 g/mol. The second kappa shape index (κ2) is 12.8. The van der Waals surface area contributed by atoms with Gasteiger partial charge in [-0.3, -0.25) is 4.68 Å². The summed E-state index contributed by atoms with van der Waals surface area (Å²) < 4.78 is 46.6. The lowest BCUT2D eigenvalue weighted by atomic mass is 10.0. The van der Waals surface area contributed by atoms with E-state index < -0.39 is 17.6 Å². The number of thiophene rings is 1. The number of pyridine rings is 1. The smallest absolute Gasteiger partial charge is 0.335 e. The second-order valence-corrected chi connectivity index (χ2v) is 13.3. The lowest BCUT2D eigenvalue weighted by Gasteiger charge is -2.27. The van der Waals surface area contributed by atoms with Crippen molar-refractivity contribution in [2.75, 3.05) is 6.61 Å². The molecule has 4 aromatic heterocycles. The van der Waals surface area contributed by atoms with Crippen molar-refractivity contribution in [3.63, 3.8) is 0 Å². The maximum atomic E-state index is 15.6. The number of imidazole rings is 1. The largest absolute Gasteiger partial charge is 0.478 e. The van der Waals surface area contributed by atoms with Crippen LogP contribution in [0.5, 0.6) is 5.88 Å². The van der Waals surface area contributed by atoms with E-state index in [0.29, 0.717) is 41.8 Å².